The van der Waals surface area contributed by atoms with Gasteiger partial charge < -0.3 is 23.9 Å². The zero-order valence-corrected chi connectivity index (χ0v) is 23.3. The van der Waals surface area contributed by atoms with Gasteiger partial charge in [0.25, 0.3) is 5.88 Å². The molecular weight excluding hydrogens is 528 g/mol. The maximum atomic E-state index is 13.6. The number of carbonyl (C=O) groups is 2. The minimum Gasteiger partial charge on any atom is -0.396 e. The molecule has 0 unspecified atom stereocenters. The van der Waals surface area contributed by atoms with Gasteiger partial charge in [0.2, 0.25) is 11.9 Å². The lowest BCUT2D eigenvalue weighted by Crippen LogP contribution is -2.29. The highest BCUT2D eigenvalue weighted by Gasteiger charge is 2.25. The summed E-state index contributed by atoms with van der Waals surface area (Å²) in [4.78, 5) is 40.1. The molecule has 0 radical (unpaired) electrons. The van der Waals surface area contributed by atoms with Gasteiger partial charge in [0.05, 0.1) is 17.7 Å². The van der Waals surface area contributed by atoms with Crippen LogP contribution < -0.4 is 15.0 Å². The molecule has 4 rings (SSSR count). The summed E-state index contributed by atoms with van der Waals surface area (Å²) in [6.07, 6.45) is 0.765. The SMILES string of the molecule is CCOC(C[C@@H](CO)Cn1cnc2c(OC(=O)N(c3ccccc3)c3ccccc3)nc(NC(C)=O)nc21)OCC. The van der Waals surface area contributed by atoms with Crippen LogP contribution in [0.5, 0.6) is 5.88 Å². The lowest BCUT2D eigenvalue weighted by atomic mass is 10.1. The molecule has 1 atom stereocenters. The first-order valence-corrected chi connectivity index (χ1v) is 13.4. The zero-order chi connectivity index (χ0) is 29.2. The number of ether oxygens (including phenoxy) is 3. The Morgan fingerprint density at radius 3 is 2.12 bits per heavy atom. The van der Waals surface area contributed by atoms with Crippen LogP contribution in [0, 0.1) is 5.92 Å². The Balaban J connectivity index is 1.68. The van der Waals surface area contributed by atoms with E-state index in [9.17, 15) is 14.7 Å². The minimum absolute atomic E-state index is 0.0532. The van der Waals surface area contributed by atoms with Gasteiger partial charge in [-0.3, -0.25) is 10.1 Å². The van der Waals surface area contributed by atoms with Crippen LogP contribution in [0.25, 0.3) is 11.2 Å². The molecule has 12 heteroatoms. The third-order valence-corrected chi connectivity index (χ3v) is 6.06. The summed E-state index contributed by atoms with van der Waals surface area (Å²) in [6.45, 7) is 6.21. The summed E-state index contributed by atoms with van der Waals surface area (Å²) in [6, 6.07) is 18.1. The first-order chi connectivity index (χ1) is 19.9. The van der Waals surface area contributed by atoms with Crippen molar-refractivity contribution in [2.24, 2.45) is 5.92 Å². The van der Waals surface area contributed by atoms with Gasteiger partial charge in [0.1, 0.15) is 0 Å². The zero-order valence-electron chi connectivity index (χ0n) is 23.3. The summed E-state index contributed by atoms with van der Waals surface area (Å²) in [7, 11) is 0. The number of aliphatic hydroxyl groups excluding tert-OH is 1. The molecule has 2 aromatic carbocycles. The number of nitrogens with one attached hydrogen (secondary N) is 1. The molecule has 12 nitrogen and oxygen atoms in total. The number of aliphatic hydroxyl groups is 1. The standard InChI is InChI=1S/C29H34N6O6/c1-4-39-24(40-5-2)16-21(18-36)17-34-19-30-25-26(34)32-28(31-20(3)37)33-27(25)41-29(38)35(22-12-8-6-9-13-22)23-14-10-7-11-15-23/h6-15,19,21,24,36H,4-5,16-18H2,1-3H3,(H,31,32,33,37)/t21-/m1/s1. The van der Waals surface area contributed by atoms with Crippen molar-refractivity contribution >= 4 is 40.5 Å². The molecule has 0 spiro atoms. The van der Waals surface area contributed by atoms with Crippen molar-refractivity contribution in [3.05, 3.63) is 67.0 Å². The molecular formula is C29H34N6O6. The largest absolute Gasteiger partial charge is 0.425 e. The van der Waals surface area contributed by atoms with Gasteiger partial charge in [-0.15, -0.1) is 0 Å². The number of fused-ring (bicyclic) bond motifs is 1. The molecule has 2 heterocycles. The van der Waals surface area contributed by atoms with Crippen LogP contribution in [-0.4, -0.2) is 62.7 Å². The maximum Gasteiger partial charge on any atom is 0.425 e. The molecule has 0 fully saturated rings. The predicted molar refractivity (Wildman–Crippen MR) is 153 cm³/mol. The van der Waals surface area contributed by atoms with Gasteiger partial charge in [-0.05, 0) is 38.1 Å². The van der Waals surface area contributed by atoms with Gasteiger partial charge in [0, 0.05) is 45.6 Å². The van der Waals surface area contributed by atoms with Crippen molar-refractivity contribution < 1.29 is 28.9 Å². The van der Waals surface area contributed by atoms with Crippen LogP contribution in [0.2, 0.25) is 0 Å². The number of aromatic nitrogens is 4. The summed E-state index contributed by atoms with van der Waals surface area (Å²) >= 11 is 0. The summed E-state index contributed by atoms with van der Waals surface area (Å²) < 4.78 is 18.8. The lowest BCUT2D eigenvalue weighted by Gasteiger charge is -2.23. The number of carbonyl (C=O) groups excluding carboxylic acids is 2. The summed E-state index contributed by atoms with van der Waals surface area (Å²) in [5, 5.41) is 12.7. The van der Waals surface area contributed by atoms with Crippen molar-refractivity contribution in [2.45, 2.75) is 40.0 Å². The van der Waals surface area contributed by atoms with Gasteiger partial charge in [-0.25, -0.2) is 14.7 Å². The number of hydrogen-bond donors (Lipinski definition) is 2. The second-order valence-corrected chi connectivity index (χ2v) is 9.10. The average Bonchev–Trinajstić information content (AvgIpc) is 3.36. The van der Waals surface area contributed by atoms with Crippen LogP contribution >= 0.6 is 0 Å². The molecule has 2 aromatic heterocycles. The molecule has 216 valence electrons. The molecule has 2 amide bonds. The molecule has 2 N–H and O–H groups in total. The van der Waals surface area contributed by atoms with Crippen LogP contribution in [0.4, 0.5) is 22.1 Å². The molecule has 0 bridgehead atoms. The highest BCUT2D eigenvalue weighted by Crippen LogP contribution is 2.29. The van der Waals surface area contributed by atoms with Crippen LogP contribution in [0.3, 0.4) is 0 Å². The molecule has 0 aliphatic heterocycles. The van der Waals surface area contributed by atoms with Gasteiger partial charge in [-0.2, -0.15) is 9.97 Å². The van der Waals surface area contributed by atoms with E-state index in [1.54, 1.807) is 28.8 Å². The Morgan fingerprint density at radius 1 is 0.976 bits per heavy atom. The van der Waals surface area contributed by atoms with E-state index in [0.29, 0.717) is 43.2 Å². The van der Waals surface area contributed by atoms with E-state index in [2.05, 4.69) is 20.3 Å². The molecule has 0 aliphatic carbocycles. The number of imidazole rings is 1. The van der Waals surface area contributed by atoms with Crippen molar-refractivity contribution in [2.75, 3.05) is 30.0 Å². The maximum absolute atomic E-state index is 13.6. The number of benzene rings is 2. The summed E-state index contributed by atoms with van der Waals surface area (Å²) in [5.74, 6) is -0.830. The van der Waals surface area contributed by atoms with Crippen molar-refractivity contribution in [3.63, 3.8) is 0 Å². The fourth-order valence-electron chi connectivity index (χ4n) is 4.29. The van der Waals surface area contributed by atoms with E-state index in [1.165, 1.54) is 18.2 Å². The first kappa shape index (κ1) is 29.6. The van der Waals surface area contributed by atoms with Gasteiger partial charge in [0.15, 0.2) is 17.5 Å². The number of para-hydroxylation sites is 2. The van der Waals surface area contributed by atoms with E-state index in [-0.39, 0.29) is 29.9 Å². The number of anilines is 3. The van der Waals surface area contributed by atoms with E-state index in [4.69, 9.17) is 14.2 Å². The van der Waals surface area contributed by atoms with Crippen molar-refractivity contribution in [1.82, 2.24) is 19.5 Å². The highest BCUT2D eigenvalue weighted by molar-refractivity contribution is 5.98. The summed E-state index contributed by atoms with van der Waals surface area (Å²) in [5.41, 5.74) is 1.72. The number of nitrogens with zero attached hydrogens (tertiary/aromatic N) is 5. The monoisotopic (exact) mass is 562 g/mol. The number of hydrogen-bond acceptors (Lipinski definition) is 9. The van der Waals surface area contributed by atoms with Crippen LogP contribution in [-0.2, 0) is 20.8 Å². The quantitative estimate of drug-likeness (QED) is 0.225. The van der Waals surface area contributed by atoms with E-state index in [1.807, 2.05) is 50.2 Å². The number of rotatable bonds is 13. The normalized spacial score (nSPS) is 11.9. The Bertz CT molecular complexity index is 1390. The van der Waals surface area contributed by atoms with E-state index >= 15 is 0 Å². The smallest absolute Gasteiger partial charge is 0.396 e. The second kappa shape index (κ2) is 14.3. The van der Waals surface area contributed by atoms with Gasteiger partial charge >= 0.3 is 6.09 Å². The lowest BCUT2D eigenvalue weighted by molar-refractivity contribution is -0.148. The Kier molecular flexibility index (Phi) is 10.3. The first-order valence-electron chi connectivity index (χ1n) is 13.4. The predicted octanol–water partition coefficient (Wildman–Crippen LogP) is 4.52. The van der Waals surface area contributed by atoms with E-state index < -0.39 is 18.3 Å². The van der Waals surface area contributed by atoms with Crippen LogP contribution in [0.1, 0.15) is 27.2 Å². The molecule has 41 heavy (non-hydrogen) atoms. The van der Waals surface area contributed by atoms with Crippen molar-refractivity contribution in [1.29, 1.82) is 0 Å². The highest BCUT2D eigenvalue weighted by atomic mass is 16.7. The van der Waals surface area contributed by atoms with Gasteiger partial charge in [-0.1, -0.05) is 36.4 Å². The molecule has 0 aliphatic rings. The third-order valence-electron chi connectivity index (χ3n) is 6.06. The van der Waals surface area contributed by atoms with Crippen LogP contribution in [0.15, 0.2) is 67.0 Å². The average molecular weight is 563 g/mol. The molecule has 4 aromatic rings. The van der Waals surface area contributed by atoms with E-state index in [0.717, 1.165) is 0 Å². The Labute approximate surface area is 237 Å². The Morgan fingerprint density at radius 2 is 1.59 bits per heavy atom. The second-order valence-electron chi connectivity index (χ2n) is 9.10. The minimum atomic E-state index is -0.727. The molecule has 0 saturated heterocycles. The third kappa shape index (κ3) is 7.63. The topological polar surface area (TPSA) is 141 Å². The number of amides is 2. The fourth-order valence-corrected chi connectivity index (χ4v) is 4.29. The van der Waals surface area contributed by atoms with Crippen molar-refractivity contribution in [3.8, 4) is 5.88 Å². The Hall–Kier alpha value is -4.39. The molecule has 0 saturated carbocycles. The fraction of sp³-hybridized carbons (Fsp3) is 0.345.